The highest BCUT2D eigenvalue weighted by molar-refractivity contribution is 6.13. The van der Waals surface area contributed by atoms with Crippen LogP contribution in [-0.2, 0) is 27.4 Å². The minimum absolute atomic E-state index is 0.0632. The van der Waals surface area contributed by atoms with Crippen molar-refractivity contribution in [2.75, 3.05) is 33.3 Å². The number of fused-ring (bicyclic) bond motifs is 1. The number of ether oxygens (including phenoxy) is 1. The van der Waals surface area contributed by atoms with E-state index in [9.17, 15) is 9.59 Å². The number of piperidine rings is 1. The van der Waals surface area contributed by atoms with Crippen molar-refractivity contribution in [3.63, 3.8) is 0 Å². The van der Waals surface area contributed by atoms with Gasteiger partial charge in [-0.05, 0) is 31.4 Å². The van der Waals surface area contributed by atoms with Crippen molar-refractivity contribution < 1.29 is 14.3 Å². The Morgan fingerprint density at radius 2 is 1.78 bits per heavy atom. The molecule has 0 aromatic heterocycles. The van der Waals surface area contributed by atoms with Crippen LogP contribution in [-0.4, -0.2) is 72.3 Å². The number of carbonyl (C=O) groups is 2. The van der Waals surface area contributed by atoms with Gasteiger partial charge in [0.05, 0.1) is 18.9 Å². The zero-order valence-electron chi connectivity index (χ0n) is 21.4. The molecule has 2 atom stereocenters. The molecule has 1 saturated heterocycles. The number of hydrogen-bond acceptors (Lipinski definition) is 6. The van der Waals surface area contributed by atoms with Crippen molar-refractivity contribution in [1.29, 1.82) is 0 Å². The van der Waals surface area contributed by atoms with Crippen LogP contribution in [0.4, 0.5) is 0 Å². The Morgan fingerprint density at radius 1 is 1.14 bits per heavy atom. The summed E-state index contributed by atoms with van der Waals surface area (Å²) >= 11 is 0. The van der Waals surface area contributed by atoms with Crippen LogP contribution in [0.25, 0.3) is 0 Å². The number of nitrogens with two attached hydrogens (primary N) is 1. The normalized spacial score (nSPS) is 20.8. The van der Waals surface area contributed by atoms with Gasteiger partial charge in [-0.3, -0.25) is 9.59 Å². The number of benzene rings is 2. The summed E-state index contributed by atoms with van der Waals surface area (Å²) in [4.78, 5) is 29.0. The van der Waals surface area contributed by atoms with Crippen molar-refractivity contribution in [2.24, 2.45) is 16.3 Å². The van der Waals surface area contributed by atoms with Crippen molar-refractivity contribution in [3.8, 4) is 0 Å². The van der Waals surface area contributed by atoms with Crippen LogP contribution in [0.3, 0.4) is 0 Å². The van der Waals surface area contributed by atoms with Gasteiger partial charge >= 0.3 is 0 Å². The average Bonchev–Trinajstić information content (AvgIpc) is 3.10. The number of carbonyl (C=O) groups excluding carboxylic acids is 2. The molecular weight excluding hydrogens is 454 g/mol. The molecule has 0 spiro atoms. The van der Waals surface area contributed by atoms with Gasteiger partial charge in [-0.2, -0.15) is 5.10 Å². The van der Waals surface area contributed by atoms with E-state index in [0.717, 1.165) is 16.8 Å². The van der Waals surface area contributed by atoms with E-state index in [1.165, 1.54) is 5.01 Å². The maximum Gasteiger partial charge on any atom is 0.256 e. The topological polar surface area (TPSA) is 100 Å². The van der Waals surface area contributed by atoms with Gasteiger partial charge in [0, 0.05) is 38.6 Å². The summed E-state index contributed by atoms with van der Waals surface area (Å²) in [6, 6.07) is 19.2. The summed E-state index contributed by atoms with van der Waals surface area (Å²) < 4.78 is 5.95. The van der Waals surface area contributed by atoms with E-state index in [4.69, 9.17) is 10.5 Å². The summed E-state index contributed by atoms with van der Waals surface area (Å²) in [5, 5.41) is 9.31. The standard InChI is InChI=1S/C28H37N5O3/c1-27(2,29)19-30-23(18-36-17-22-12-8-5-9-13-22)25(34)33-15-14-24-28(20-33,26(35)32(3)31-24)16-21-10-6-4-7-11-21/h4-13,23,30H,14-20,29H2,1-3H3/t23-,28?/m1/s1. The summed E-state index contributed by atoms with van der Waals surface area (Å²) in [7, 11) is 1.69. The van der Waals surface area contributed by atoms with Crippen LogP contribution in [0.2, 0.25) is 0 Å². The number of rotatable bonds is 10. The van der Waals surface area contributed by atoms with Crippen molar-refractivity contribution >= 4 is 17.5 Å². The number of hydrogen-bond donors (Lipinski definition) is 2. The second-order valence-corrected chi connectivity index (χ2v) is 10.6. The summed E-state index contributed by atoms with van der Waals surface area (Å²) in [5.74, 6) is -0.145. The molecular formula is C28H37N5O3. The van der Waals surface area contributed by atoms with E-state index in [1.54, 1.807) is 11.9 Å². The smallest absolute Gasteiger partial charge is 0.256 e. The lowest BCUT2D eigenvalue weighted by Gasteiger charge is -2.41. The zero-order chi connectivity index (χ0) is 25.8. The first kappa shape index (κ1) is 26.0. The molecule has 8 heteroatoms. The van der Waals surface area contributed by atoms with Gasteiger partial charge in [0.25, 0.3) is 5.91 Å². The minimum atomic E-state index is -0.841. The molecule has 3 N–H and O–H groups in total. The maximum atomic E-state index is 13.8. The molecule has 2 aliphatic heterocycles. The fraction of sp³-hybridized carbons (Fsp3) is 0.464. The largest absolute Gasteiger partial charge is 0.375 e. The molecule has 4 rings (SSSR count). The van der Waals surface area contributed by atoms with Crippen LogP contribution in [0, 0.1) is 5.41 Å². The minimum Gasteiger partial charge on any atom is -0.375 e. The zero-order valence-corrected chi connectivity index (χ0v) is 21.4. The SMILES string of the molecule is CN1N=C2CCN(C(=O)[C@@H](COCc3ccccc3)NCC(C)(C)N)CC2(Cc2ccccc2)C1=O. The molecule has 2 aliphatic rings. The van der Waals surface area contributed by atoms with Crippen LogP contribution < -0.4 is 11.1 Å². The molecule has 2 aromatic rings. The number of nitrogens with zero attached hydrogens (tertiary/aromatic N) is 3. The van der Waals surface area contributed by atoms with E-state index < -0.39 is 17.0 Å². The van der Waals surface area contributed by atoms with Gasteiger partial charge in [-0.1, -0.05) is 60.7 Å². The summed E-state index contributed by atoms with van der Waals surface area (Å²) in [6.07, 6.45) is 1.08. The second-order valence-electron chi connectivity index (χ2n) is 10.6. The van der Waals surface area contributed by atoms with Crippen molar-refractivity contribution in [2.45, 2.75) is 44.9 Å². The lowest BCUT2D eigenvalue weighted by molar-refractivity contribution is -0.141. The fourth-order valence-electron chi connectivity index (χ4n) is 4.91. The average molecular weight is 492 g/mol. The molecule has 36 heavy (non-hydrogen) atoms. The third-order valence-corrected chi connectivity index (χ3v) is 6.76. The van der Waals surface area contributed by atoms with Crippen LogP contribution in [0.15, 0.2) is 65.8 Å². The first-order chi connectivity index (χ1) is 17.2. The molecule has 2 aromatic carbocycles. The third kappa shape index (κ3) is 6.00. The first-order valence-corrected chi connectivity index (χ1v) is 12.5. The molecule has 0 aliphatic carbocycles. The van der Waals surface area contributed by atoms with Crippen LogP contribution in [0.1, 0.15) is 31.4 Å². The molecule has 1 unspecified atom stereocenters. The number of likely N-dealkylation sites (tertiary alicyclic amines) is 1. The Labute approximate surface area is 213 Å². The number of amides is 2. The lowest BCUT2D eigenvalue weighted by Crippen LogP contribution is -2.60. The fourth-order valence-corrected chi connectivity index (χ4v) is 4.91. The molecule has 0 saturated carbocycles. The van der Waals surface area contributed by atoms with Crippen LogP contribution >= 0.6 is 0 Å². The van der Waals surface area contributed by atoms with E-state index >= 15 is 0 Å². The Hall–Kier alpha value is -3.07. The maximum absolute atomic E-state index is 13.8. The number of hydrazone groups is 1. The van der Waals surface area contributed by atoms with Gasteiger partial charge in [0.2, 0.25) is 5.91 Å². The molecule has 0 bridgehead atoms. The van der Waals surface area contributed by atoms with Gasteiger partial charge in [-0.25, -0.2) is 5.01 Å². The highest BCUT2D eigenvalue weighted by atomic mass is 16.5. The van der Waals surface area contributed by atoms with Gasteiger partial charge < -0.3 is 20.7 Å². The van der Waals surface area contributed by atoms with E-state index in [0.29, 0.717) is 39.1 Å². The first-order valence-electron chi connectivity index (χ1n) is 12.5. The molecule has 2 amide bonds. The predicted molar refractivity (Wildman–Crippen MR) is 140 cm³/mol. The molecule has 8 nitrogen and oxygen atoms in total. The molecule has 0 radical (unpaired) electrons. The Bertz CT molecular complexity index is 1080. The Balaban J connectivity index is 1.51. The quantitative estimate of drug-likeness (QED) is 0.531. The predicted octanol–water partition coefficient (Wildman–Crippen LogP) is 2.19. The van der Waals surface area contributed by atoms with Gasteiger partial charge in [-0.15, -0.1) is 0 Å². The lowest BCUT2D eigenvalue weighted by atomic mass is 9.73. The van der Waals surface area contributed by atoms with Gasteiger partial charge in [0.1, 0.15) is 11.5 Å². The van der Waals surface area contributed by atoms with Crippen LogP contribution in [0.5, 0.6) is 0 Å². The molecule has 2 heterocycles. The van der Waals surface area contributed by atoms with E-state index in [-0.39, 0.29) is 18.4 Å². The highest BCUT2D eigenvalue weighted by Crippen LogP contribution is 2.38. The Kier molecular flexibility index (Phi) is 7.88. The van der Waals surface area contributed by atoms with Crippen molar-refractivity contribution in [1.82, 2.24) is 15.2 Å². The van der Waals surface area contributed by atoms with Crippen molar-refractivity contribution in [3.05, 3.63) is 71.8 Å². The monoisotopic (exact) mass is 491 g/mol. The Morgan fingerprint density at radius 3 is 2.42 bits per heavy atom. The van der Waals surface area contributed by atoms with Gasteiger partial charge in [0.15, 0.2) is 0 Å². The summed E-state index contributed by atoms with van der Waals surface area (Å²) in [5.41, 5.74) is 7.82. The van der Waals surface area contributed by atoms with E-state index in [2.05, 4.69) is 10.4 Å². The number of nitrogens with one attached hydrogen (secondary N) is 1. The second kappa shape index (κ2) is 10.9. The molecule has 192 valence electrons. The third-order valence-electron chi connectivity index (χ3n) is 6.76. The highest BCUT2D eigenvalue weighted by Gasteiger charge is 2.53. The molecule has 1 fully saturated rings. The van der Waals surface area contributed by atoms with E-state index in [1.807, 2.05) is 74.5 Å². The summed E-state index contributed by atoms with van der Waals surface area (Å²) in [6.45, 7) is 5.71.